The number of carbonyl (C=O) groups excluding carboxylic acids is 1. The van der Waals surface area contributed by atoms with Gasteiger partial charge in [0.25, 0.3) is 0 Å². The first-order chi connectivity index (χ1) is 12.3. The highest BCUT2D eigenvalue weighted by molar-refractivity contribution is 6.02. The Balaban J connectivity index is 1.64. The van der Waals surface area contributed by atoms with Crippen molar-refractivity contribution < 1.29 is 4.79 Å². The number of rotatable bonds is 5. The number of nitrogens with zero attached hydrogens (tertiary/aromatic N) is 1. The van der Waals surface area contributed by atoms with Gasteiger partial charge in [-0.25, -0.2) is 0 Å². The molecule has 1 N–H and O–H groups in total. The van der Waals surface area contributed by atoms with Crippen molar-refractivity contribution in [1.82, 2.24) is 4.98 Å². The molecule has 0 bridgehead atoms. The molecule has 0 atom stereocenters. The smallest absolute Gasteiger partial charge is 0.248 e. The summed E-state index contributed by atoms with van der Waals surface area (Å²) in [7, 11) is 0. The molecule has 0 saturated heterocycles. The Hall–Kier alpha value is -3.46. The van der Waals surface area contributed by atoms with Crippen LogP contribution in [0.25, 0.3) is 18.2 Å². The summed E-state index contributed by atoms with van der Waals surface area (Å²) in [6, 6.07) is 23.2. The van der Waals surface area contributed by atoms with E-state index >= 15 is 0 Å². The molecule has 1 heterocycles. The highest BCUT2D eigenvalue weighted by Gasteiger charge is 1.98. The molecule has 25 heavy (non-hydrogen) atoms. The first-order valence-electron chi connectivity index (χ1n) is 8.03. The zero-order valence-corrected chi connectivity index (χ0v) is 13.7. The third kappa shape index (κ3) is 5.29. The van der Waals surface area contributed by atoms with Crippen molar-refractivity contribution in [1.29, 1.82) is 0 Å². The Morgan fingerprint density at radius 2 is 1.60 bits per heavy atom. The van der Waals surface area contributed by atoms with Crippen LogP contribution in [0.4, 0.5) is 5.69 Å². The number of nitrogens with one attached hydrogen (secondary N) is 1. The second kappa shape index (κ2) is 8.41. The van der Waals surface area contributed by atoms with Gasteiger partial charge in [-0.15, -0.1) is 0 Å². The van der Waals surface area contributed by atoms with E-state index in [1.165, 1.54) is 6.08 Å². The zero-order valence-electron chi connectivity index (χ0n) is 13.7. The molecule has 0 aliphatic rings. The second-order valence-electron chi connectivity index (χ2n) is 5.45. The van der Waals surface area contributed by atoms with Crippen molar-refractivity contribution in [3.63, 3.8) is 0 Å². The van der Waals surface area contributed by atoms with Gasteiger partial charge in [0.15, 0.2) is 0 Å². The number of anilines is 1. The van der Waals surface area contributed by atoms with Crippen molar-refractivity contribution in [2.24, 2.45) is 0 Å². The monoisotopic (exact) mass is 326 g/mol. The lowest BCUT2D eigenvalue weighted by molar-refractivity contribution is -0.111. The number of hydrogen-bond acceptors (Lipinski definition) is 2. The van der Waals surface area contributed by atoms with E-state index in [2.05, 4.69) is 10.3 Å². The van der Waals surface area contributed by atoms with E-state index in [0.29, 0.717) is 0 Å². The third-order valence-corrected chi connectivity index (χ3v) is 3.52. The summed E-state index contributed by atoms with van der Waals surface area (Å²) < 4.78 is 0. The van der Waals surface area contributed by atoms with Crippen molar-refractivity contribution in [3.8, 4) is 0 Å². The topological polar surface area (TPSA) is 42.0 Å². The minimum absolute atomic E-state index is 0.158. The fourth-order valence-corrected chi connectivity index (χ4v) is 2.30. The molecule has 0 aliphatic carbocycles. The Morgan fingerprint density at radius 1 is 0.800 bits per heavy atom. The van der Waals surface area contributed by atoms with Gasteiger partial charge >= 0.3 is 0 Å². The predicted molar refractivity (Wildman–Crippen MR) is 104 cm³/mol. The molecule has 1 amide bonds. The molecule has 3 nitrogen and oxygen atoms in total. The highest BCUT2D eigenvalue weighted by atomic mass is 16.1. The third-order valence-electron chi connectivity index (χ3n) is 3.52. The van der Waals surface area contributed by atoms with Crippen LogP contribution in [0, 0.1) is 0 Å². The van der Waals surface area contributed by atoms with E-state index in [9.17, 15) is 4.79 Å². The van der Waals surface area contributed by atoms with Crippen molar-refractivity contribution in [2.75, 3.05) is 5.32 Å². The molecule has 3 rings (SSSR count). The number of pyridine rings is 1. The molecular weight excluding hydrogens is 308 g/mol. The number of hydrogen-bond donors (Lipinski definition) is 1. The maximum absolute atomic E-state index is 12.1. The van der Waals surface area contributed by atoms with Gasteiger partial charge in [0.05, 0.1) is 5.69 Å². The lowest BCUT2D eigenvalue weighted by Crippen LogP contribution is -2.07. The molecule has 3 heteroatoms. The summed E-state index contributed by atoms with van der Waals surface area (Å²) in [6.45, 7) is 0. The van der Waals surface area contributed by atoms with Crippen LogP contribution in [-0.4, -0.2) is 10.9 Å². The van der Waals surface area contributed by atoms with Gasteiger partial charge in [0.1, 0.15) is 0 Å². The van der Waals surface area contributed by atoms with Crippen molar-refractivity contribution in [2.45, 2.75) is 0 Å². The van der Waals surface area contributed by atoms with Crippen LogP contribution in [0.2, 0.25) is 0 Å². The molecule has 0 saturated carbocycles. The van der Waals surface area contributed by atoms with Gasteiger partial charge < -0.3 is 5.32 Å². The number of benzene rings is 2. The largest absolute Gasteiger partial charge is 0.322 e. The first-order valence-corrected chi connectivity index (χ1v) is 8.03. The summed E-state index contributed by atoms with van der Waals surface area (Å²) >= 11 is 0. The molecule has 3 aromatic rings. The Kier molecular flexibility index (Phi) is 5.52. The fourth-order valence-electron chi connectivity index (χ4n) is 2.30. The highest BCUT2D eigenvalue weighted by Crippen LogP contribution is 2.13. The van der Waals surface area contributed by atoms with Gasteiger partial charge in [-0.1, -0.05) is 54.6 Å². The molecule has 122 valence electrons. The molecule has 0 unspecified atom stereocenters. The zero-order chi connectivity index (χ0) is 17.3. The van der Waals surface area contributed by atoms with Gasteiger partial charge in [-0.05, 0) is 47.5 Å². The summed E-state index contributed by atoms with van der Waals surface area (Å²) in [5, 5.41) is 2.88. The summed E-state index contributed by atoms with van der Waals surface area (Å²) in [5.74, 6) is -0.158. The van der Waals surface area contributed by atoms with Crippen LogP contribution in [0.15, 0.2) is 85.1 Å². The van der Waals surface area contributed by atoms with Gasteiger partial charge in [-0.2, -0.15) is 0 Å². The minimum atomic E-state index is -0.158. The maximum Gasteiger partial charge on any atom is 0.248 e. The van der Waals surface area contributed by atoms with Crippen LogP contribution in [0.1, 0.15) is 16.8 Å². The van der Waals surface area contributed by atoms with E-state index in [-0.39, 0.29) is 5.91 Å². The predicted octanol–water partition coefficient (Wildman–Crippen LogP) is 4.90. The standard InChI is InChI=1S/C22H18N2O/c25-22(15-13-18-7-2-1-3-8-18)24-21-11-6-9-19(17-21)12-14-20-10-4-5-16-23-20/h1-17H,(H,24,25)/b14-12+,15-13+. The van der Waals surface area contributed by atoms with E-state index in [1.54, 1.807) is 12.3 Å². The molecular formula is C22H18N2O. The average molecular weight is 326 g/mol. The quantitative estimate of drug-likeness (QED) is 0.677. The van der Waals surface area contributed by atoms with E-state index in [0.717, 1.165) is 22.5 Å². The van der Waals surface area contributed by atoms with Crippen LogP contribution >= 0.6 is 0 Å². The Bertz CT molecular complexity index is 884. The molecule has 1 aromatic heterocycles. The number of amides is 1. The van der Waals surface area contributed by atoms with E-state index in [1.807, 2.05) is 84.9 Å². The van der Waals surface area contributed by atoms with Crippen LogP contribution in [0.5, 0.6) is 0 Å². The molecule has 0 radical (unpaired) electrons. The lowest BCUT2D eigenvalue weighted by atomic mass is 10.1. The molecule has 2 aromatic carbocycles. The average Bonchev–Trinajstić information content (AvgIpc) is 2.67. The normalized spacial score (nSPS) is 11.0. The SMILES string of the molecule is O=C(/C=C/c1ccccc1)Nc1cccc(/C=C/c2ccccn2)c1. The Morgan fingerprint density at radius 3 is 2.40 bits per heavy atom. The van der Waals surface area contributed by atoms with Gasteiger partial charge in [0.2, 0.25) is 5.91 Å². The summed E-state index contributed by atoms with van der Waals surface area (Å²) in [5.41, 5.74) is 3.63. The van der Waals surface area contributed by atoms with E-state index in [4.69, 9.17) is 0 Å². The maximum atomic E-state index is 12.1. The van der Waals surface area contributed by atoms with Crippen molar-refractivity contribution in [3.05, 3.63) is 102 Å². The summed E-state index contributed by atoms with van der Waals surface area (Å²) in [6.07, 6.45) is 9.00. The fraction of sp³-hybridized carbons (Fsp3) is 0. The molecule has 0 aliphatic heterocycles. The van der Waals surface area contributed by atoms with Crippen LogP contribution in [0.3, 0.4) is 0 Å². The second-order valence-corrected chi connectivity index (χ2v) is 5.45. The van der Waals surface area contributed by atoms with Crippen LogP contribution in [-0.2, 0) is 4.79 Å². The lowest BCUT2D eigenvalue weighted by Gasteiger charge is -2.03. The van der Waals surface area contributed by atoms with Crippen LogP contribution < -0.4 is 5.32 Å². The van der Waals surface area contributed by atoms with Crippen molar-refractivity contribution >= 4 is 29.8 Å². The number of aromatic nitrogens is 1. The van der Waals surface area contributed by atoms with Gasteiger partial charge in [-0.3, -0.25) is 9.78 Å². The van der Waals surface area contributed by atoms with Gasteiger partial charge in [0, 0.05) is 18.0 Å². The summed E-state index contributed by atoms with van der Waals surface area (Å²) in [4.78, 5) is 16.3. The number of carbonyl (C=O) groups is 1. The Labute approximate surface area is 147 Å². The molecule has 0 fully saturated rings. The first kappa shape index (κ1) is 16.4. The minimum Gasteiger partial charge on any atom is -0.322 e. The molecule has 0 spiro atoms. The van der Waals surface area contributed by atoms with E-state index < -0.39 is 0 Å².